The Morgan fingerprint density at radius 1 is 1.64 bits per heavy atom. The van der Waals surface area contributed by atoms with Crippen LogP contribution in [0.3, 0.4) is 0 Å². The number of aromatic nitrogens is 1. The Labute approximate surface area is 89.5 Å². The first-order valence-corrected chi connectivity index (χ1v) is 5.73. The van der Waals surface area contributed by atoms with E-state index in [4.69, 9.17) is 4.74 Å². The Kier molecular flexibility index (Phi) is 5.07. The fourth-order valence-electron chi connectivity index (χ4n) is 1.16. The lowest BCUT2D eigenvalue weighted by molar-refractivity contribution is 0.184. The van der Waals surface area contributed by atoms with Gasteiger partial charge in [0.15, 0.2) is 0 Å². The maximum atomic E-state index is 5.02. The number of ether oxygens (including phenoxy) is 1. The summed E-state index contributed by atoms with van der Waals surface area (Å²) in [5.41, 5.74) is 1.14. The highest BCUT2D eigenvalue weighted by atomic mass is 32.1. The van der Waals surface area contributed by atoms with Crippen molar-refractivity contribution >= 4 is 11.3 Å². The van der Waals surface area contributed by atoms with Crippen molar-refractivity contribution in [2.45, 2.75) is 32.9 Å². The average Bonchev–Trinajstić information content (AvgIpc) is 2.58. The van der Waals surface area contributed by atoms with Gasteiger partial charge in [-0.3, -0.25) is 0 Å². The van der Waals surface area contributed by atoms with Crippen LogP contribution in [0.2, 0.25) is 0 Å². The van der Waals surface area contributed by atoms with E-state index in [1.54, 1.807) is 18.4 Å². The van der Waals surface area contributed by atoms with Crippen LogP contribution in [0.15, 0.2) is 5.38 Å². The molecule has 80 valence electrons. The molecule has 1 unspecified atom stereocenters. The monoisotopic (exact) mass is 214 g/mol. The molecule has 0 aromatic carbocycles. The maximum absolute atomic E-state index is 5.02. The number of methoxy groups -OCH3 is 1. The van der Waals surface area contributed by atoms with Crippen molar-refractivity contribution in [3.05, 3.63) is 16.1 Å². The third-order valence-corrected chi connectivity index (χ3v) is 2.88. The molecule has 0 saturated heterocycles. The van der Waals surface area contributed by atoms with Gasteiger partial charge < -0.3 is 10.1 Å². The molecule has 0 radical (unpaired) electrons. The zero-order chi connectivity index (χ0) is 10.4. The lowest BCUT2D eigenvalue weighted by Gasteiger charge is -2.11. The fourth-order valence-corrected chi connectivity index (χ4v) is 1.78. The van der Waals surface area contributed by atoms with Gasteiger partial charge in [-0.15, -0.1) is 11.3 Å². The second-order valence-corrected chi connectivity index (χ2v) is 4.48. The Bertz CT molecular complexity index is 262. The lowest BCUT2D eigenvalue weighted by Crippen LogP contribution is -2.26. The van der Waals surface area contributed by atoms with Gasteiger partial charge in [0.2, 0.25) is 0 Å². The molecule has 0 saturated carbocycles. The van der Waals surface area contributed by atoms with E-state index in [-0.39, 0.29) is 0 Å². The molecule has 1 aromatic rings. The molecular formula is C10H18N2OS. The second-order valence-electron chi connectivity index (χ2n) is 3.42. The summed E-state index contributed by atoms with van der Waals surface area (Å²) in [6, 6.07) is 0.483. The number of nitrogens with zero attached hydrogens (tertiary/aromatic N) is 1. The third-order valence-electron chi connectivity index (χ3n) is 2.05. The molecule has 1 aromatic heterocycles. The van der Waals surface area contributed by atoms with Crippen LogP contribution in [-0.2, 0) is 11.3 Å². The van der Waals surface area contributed by atoms with E-state index >= 15 is 0 Å². The molecule has 0 aliphatic carbocycles. The molecule has 1 atom stereocenters. The number of aryl methyl sites for hydroxylation is 1. The van der Waals surface area contributed by atoms with Gasteiger partial charge in [-0.05, 0) is 20.3 Å². The Morgan fingerprint density at radius 3 is 3.00 bits per heavy atom. The van der Waals surface area contributed by atoms with Crippen molar-refractivity contribution in [2.24, 2.45) is 0 Å². The molecular weight excluding hydrogens is 196 g/mol. The zero-order valence-electron chi connectivity index (χ0n) is 9.04. The normalized spacial score (nSPS) is 13.1. The Hall–Kier alpha value is -0.450. The average molecular weight is 214 g/mol. The van der Waals surface area contributed by atoms with Crippen LogP contribution in [0.4, 0.5) is 0 Å². The fraction of sp³-hybridized carbons (Fsp3) is 0.700. The molecule has 3 nitrogen and oxygen atoms in total. The lowest BCUT2D eigenvalue weighted by atomic mass is 10.2. The van der Waals surface area contributed by atoms with Crippen molar-refractivity contribution in [2.75, 3.05) is 13.7 Å². The standard InChI is InChI=1S/C10H18N2OS/c1-8(4-5-13-3)11-6-10-7-14-9(2)12-10/h7-8,11H,4-6H2,1-3H3. The highest BCUT2D eigenvalue weighted by Gasteiger charge is 2.02. The summed E-state index contributed by atoms with van der Waals surface area (Å²) < 4.78 is 5.02. The molecule has 14 heavy (non-hydrogen) atoms. The number of hydrogen-bond donors (Lipinski definition) is 1. The van der Waals surface area contributed by atoms with E-state index in [9.17, 15) is 0 Å². The van der Waals surface area contributed by atoms with Crippen molar-refractivity contribution < 1.29 is 4.74 Å². The summed E-state index contributed by atoms with van der Waals surface area (Å²) in [7, 11) is 1.73. The minimum Gasteiger partial charge on any atom is -0.385 e. The predicted octanol–water partition coefficient (Wildman–Crippen LogP) is 1.97. The van der Waals surface area contributed by atoms with Gasteiger partial charge in [-0.1, -0.05) is 0 Å². The molecule has 1 heterocycles. The smallest absolute Gasteiger partial charge is 0.0897 e. The third kappa shape index (κ3) is 4.17. The molecule has 0 aliphatic heterocycles. The second kappa shape index (κ2) is 6.11. The van der Waals surface area contributed by atoms with E-state index < -0.39 is 0 Å². The summed E-state index contributed by atoms with van der Waals surface area (Å²) in [6.45, 7) is 5.86. The summed E-state index contributed by atoms with van der Waals surface area (Å²) in [5.74, 6) is 0. The number of hydrogen-bond acceptors (Lipinski definition) is 4. The van der Waals surface area contributed by atoms with Gasteiger partial charge >= 0.3 is 0 Å². The van der Waals surface area contributed by atoms with Crippen molar-refractivity contribution in [1.82, 2.24) is 10.3 Å². The van der Waals surface area contributed by atoms with Crippen LogP contribution in [0.5, 0.6) is 0 Å². The van der Waals surface area contributed by atoms with Gasteiger partial charge in [0.05, 0.1) is 10.7 Å². The van der Waals surface area contributed by atoms with E-state index in [0.29, 0.717) is 6.04 Å². The molecule has 0 bridgehead atoms. The largest absolute Gasteiger partial charge is 0.385 e. The molecule has 1 rings (SSSR count). The van der Waals surface area contributed by atoms with Crippen molar-refractivity contribution in [3.8, 4) is 0 Å². The highest BCUT2D eigenvalue weighted by Crippen LogP contribution is 2.07. The number of thiazole rings is 1. The van der Waals surface area contributed by atoms with Gasteiger partial charge in [-0.2, -0.15) is 0 Å². The minimum absolute atomic E-state index is 0.483. The first-order chi connectivity index (χ1) is 6.72. The Balaban J connectivity index is 2.20. The van der Waals surface area contributed by atoms with Crippen LogP contribution in [0, 0.1) is 6.92 Å². The van der Waals surface area contributed by atoms with Crippen LogP contribution >= 0.6 is 11.3 Å². The molecule has 1 N–H and O–H groups in total. The van der Waals surface area contributed by atoms with E-state index in [0.717, 1.165) is 30.3 Å². The van der Waals surface area contributed by atoms with Crippen LogP contribution in [0.1, 0.15) is 24.0 Å². The number of rotatable bonds is 6. The SMILES string of the molecule is COCCC(C)NCc1csc(C)n1. The highest BCUT2D eigenvalue weighted by molar-refractivity contribution is 7.09. The van der Waals surface area contributed by atoms with Crippen LogP contribution in [0.25, 0.3) is 0 Å². The number of nitrogens with one attached hydrogen (secondary N) is 1. The molecule has 4 heteroatoms. The minimum atomic E-state index is 0.483. The predicted molar refractivity (Wildman–Crippen MR) is 59.6 cm³/mol. The van der Waals surface area contributed by atoms with Gasteiger partial charge in [0.25, 0.3) is 0 Å². The quantitative estimate of drug-likeness (QED) is 0.786. The Morgan fingerprint density at radius 2 is 2.43 bits per heavy atom. The maximum Gasteiger partial charge on any atom is 0.0897 e. The summed E-state index contributed by atoms with van der Waals surface area (Å²) >= 11 is 1.70. The van der Waals surface area contributed by atoms with Gasteiger partial charge in [0.1, 0.15) is 0 Å². The zero-order valence-corrected chi connectivity index (χ0v) is 9.86. The molecule has 0 amide bonds. The van der Waals surface area contributed by atoms with E-state index in [1.165, 1.54) is 0 Å². The summed E-state index contributed by atoms with van der Waals surface area (Å²) in [5, 5.41) is 6.64. The topological polar surface area (TPSA) is 34.1 Å². The van der Waals surface area contributed by atoms with E-state index in [1.807, 2.05) is 6.92 Å². The van der Waals surface area contributed by atoms with Crippen LogP contribution in [-0.4, -0.2) is 24.7 Å². The van der Waals surface area contributed by atoms with E-state index in [2.05, 4.69) is 22.6 Å². The van der Waals surface area contributed by atoms with Crippen molar-refractivity contribution in [3.63, 3.8) is 0 Å². The molecule has 0 aliphatic rings. The first kappa shape index (κ1) is 11.6. The van der Waals surface area contributed by atoms with Gasteiger partial charge in [0, 0.05) is 31.7 Å². The van der Waals surface area contributed by atoms with Crippen molar-refractivity contribution in [1.29, 1.82) is 0 Å². The summed E-state index contributed by atoms with van der Waals surface area (Å²) in [4.78, 5) is 4.39. The molecule has 0 fully saturated rings. The molecule has 0 spiro atoms. The van der Waals surface area contributed by atoms with Crippen LogP contribution < -0.4 is 5.32 Å². The first-order valence-electron chi connectivity index (χ1n) is 4.85. The van der Waals surface area contributed by atoms with Gasteiger partial charge in [-0.25, -0.2) is 4.98 Å². The summed E-state index contributed by atoms with van der Waals surface area (Å²) in [6.07, 6.45) is 1.04.